The lowest BCUT2D eigenvalue weighted by Gasteiger charge is -2.29. The van der Waals surface area contributed by atoms with Gasteiger partial charge in [0.2, 0.25) is 0 Å². The SMILES string of the molecule is CC1(C)c2ccccc2-c2ccc(-c3cccc4c3-c3ccc(N(c5ccc(C6CCCCC6)cc5)c5ccc(C6CC7CCC6C7)cc5)cc3C4(C)C)cc21. The van der Waals surface area contributed by atoms with Crippen LogP contribution < -0.4 is 4.90 Å². The van der Waals surface area contributed by atoms with Crippen LogP contribution in [0.15, 0.2) is 127 Å². The zero-order valence-corrected chi connectivity index (χ0v) is 33.7. The van der Waals surface area contributed by atoms with Crippen molar-refractivity contribution in [2.75, 3.05) is 4.90 Å². The minimum absolute atomic E-state index is 0.0288. The number of nitrogens with zero attached hydrogens (tertiary/aromatic N) is 1. The molecule has 5 aliphatic rings. The van der Waals surface area contributed by atoms with Crippen molar-refractivity contribution in [3.63, 3.8) is 0 Å². The van der Waals surface area contributed by atoms with Gasteiger partial charge in [0, 0.05) is 27.9 Å². The Hall–Kier alpha value is -4.88. The largest absolute Gasteiger partial charge is 0.310 e. The highest BCUT2D eigenvalue weighted by molar-refractivity contribution is 5.95. The van der Waals surface area contributed by atoms with Crippen molar-refractivity contribution >= 4 is 17.1 Å². The van der Waals surface area contributed by atoms with Crippen LogP contribution in [0.3, 0.4) is 0 Å². The van der Waals surface area contributed by atoms with Crippen molar-refractivity contribution < 1.29 is 0 Å². The van der Waals surface area contributed by atoms with E-state index in [2.05, 4.69) is 160 Å². The predicted octanol–water partition coefficient (Wildman–Crippen LogP) is 15.4. The first kappa shape index (κ1) is 34.4. The van der Waals surface area contributed by atoms with Crippen LogP contribution in [0.5, 0.6) is 0 Å². The van der Waals surface area contributed by atoms with Crippen LogP contribution in [-0.2, 0) is 10.8 Å². The molecule has 0 amide bonds. The van der Waals surface area contributed by atoms with E-state index >= 15 is 0 Å². The molecular formula is C55H55N. The van der Waals surface area contributed by atoms with Gasteiger partial charge in [-0.05, 0) is 165 Å². The Labute approximate surface area is 334 Å². The van der Waals surface area contributed by atoms with Gasteiger partial charge in [0.05, 0.1) is 0 Å². The van der Waals surface area contributed by atoms with Gasteiger partial charge >= 0.3 is 0 Å². The molecule has 0 aromatic heterocycles. The molecule has 0 spiro atoms. The van der Waals surface area contributed by atoms with E-state index < -0.39 is 0 Å². The summed E-state index contributed by atoms with van der Waals surface area (Å²) < 4.78 is 0. The fourth-order valence-corrected chi connectivity index (χ4v) is 12.3. The molecule has 0 aliphatic heterocycles. The highest BCUT2D eigenvalue weighted by Crippen LogP contribution is 2.56. The molecule has 0 saturated heterocycles. The van der Waals surface area contributed by atoms with Crippen LogP contribution in [0.4, 0.5) is 17.1 Å². The number of hydrogen-bond donors (Lipinski definition) is 0. The van der Waals surface area contributed by atoms with E-state index in [-0.39, 0.29) is 10.8 Å². The third kappa shape index (κ3) is 5.25. The van der Waals surface area contributed by atoms with E-state index in [1.165, 1.54) is 136 Å². The van der Waals surface area contributed by atoms with Crippen molar-refractivity contribution in [1.82, 2.24) is 0 Å². The van der Waals surface area contributed by atoms with Gasteiger partial charge in [-0.1, -0.05) is 138 Å². The van der Waals surface area contributed by atoms with Crippen LogP contribution >= 0.6 is 0 Å². The molecule has 2 bridgehead atoms. The first-order chi connectivity index (χ1) is 27.3. The summed E-state index contributed by atoms with van der Waals surface area (Å²) in [5.74, 6) is 3.29. The van der Waals surface area contributed by atoms with Gasteiger partial charge in [0.1, 0.15) is 0 Å². The molecule has 11 rings (SSSR count). The molecule has 6 aromatic carbocycles. The number of rotatable bonds is 6. The number of hydrogen-bond acceptors (Lipinski definition) is 1. The van der Waals surface area contributed by atoms with Gasteiger partial charge in [0.25, 0.3) is 0 Å². The number of benzene rings is 6. The van der Waals surface area contributed by atoms with Crippen LogP contribution in [-0.4, -0.2) is 0 Å². The summed E-state index contributed by atoms with van der Waals surface area (Å²) in [5.41, 5.74) is 20.5. The zero-order chi connectivity index (χ0) is 37.8. The highest BCUT2D eigenvalue weighted by Gasteiger charge is 2.41. The average molecular weight is 730 g/mol. The third-order valence-corrected chi connectivity index (χ3v) is 15.4. The summed E-state index contributed by atoms with van der Waals surface area (Å²) in [7, 11) is 0. The van der Waals surface area contributed by atoms with Gasteiger partial charge in [0.15, 0.2) is 0 Å². The topological polar surface area (TPSA) is 3.24 Å². The quantitative estimate of drug-likeness (QED) is 0.165. The zero-order valence-electron chi connectivity index (χ0n) is 33.7. The standard InChI is InChI=1S/C55H55N/c1-54(2)49-15-9-8-13-45(49)46-29-23-40(33-51(46)54)44-14-10-16-50-53(44)47-30-28-43(34-52(47)55(50,3)4)56(41-24-19-37(20-25-41)36-11-6-5-7-12-36)42-26-21-38(22-27-42)48-32-35-17-18-39(48)31-35/h8-10,13-16,19-30,33-36,39,48H,5-7,11-12,17-18,31-32H2,1-4H3. The molecule has 6 aromatic rings. The van der Waals surface area contributed by atoms with E-state index in [4.69, 9.17) is 0 Å². The van der Waals surface area contributed by atoms with Crippen molar-refractivity contribution in [3.8, 4) is 33.4 Å². The van der Waals surface area contributed by atoms with Gasteiger partial charge in [-0.2, -0.15) is 0 Å². The lowest BCUT2D eigenvalue weighted by molar-refractivity contribution is 0.420. The average Bonchev–Trinajstić information content (AvgIpc) is 3.99. The minimum atomic E-state index is -0.134. The normalized spacial score (nSPS) is 22.4. The summed E-state index contributed by atoms with van der Waals surface area (Å²) in [4.78, 5) is 2.52. The number of anilines is 3. The lowest BCUT2D eigenvalue weighted by Crippen LogP contribution is -2.17. The van der Waals surface area contributed by atoms with E-state index in [0.717, 1.165) is 17.8 Å². The fraction of sp³-hybridized carbons (Fsp3) is 0.345. The molecule has 3 unspecified atom stereocenters. The highest BCUT2D eigenvalue weighted by atomic mass is 15.1. The molecule has 56 heavy (non-hydrogen) atoms. The maximum Gasteiger partial charge on any atom is 0.0465 e. The number of fused-ring (bicyclic) bond motifs is 8. The molecule has 3 saturated carbocycles. The second-order valence-electron chi connectivity index (χ2n) is 19.1. The Balaban J connectivity index is 0.997. The van der Waals surface area contributed by atoms with Gasteiger partial charge in [-0.15, -0.1) is 0 Å². The first-order valence-corrected chi connectivity index (χ1v) is 21.8. The van der Waals surface area contributed by atoms with Crippen LogP contribution in [0.1, 0.15) is 131 Å². The Kier molecular flexibility index (Phi) is 7.87. The summed E-state index contributed by atoms with van der Waals surface area (Å²) >= 11 is 0. The molecule has 3 atom stereocenters. The minimum Gasteiger partial charge on any atom is -0.310 e. The maximum absolute atomic E-state index is 2.52. The van der Waals surface area contributed by atoms with E-state index in [9.17, 15) is 0 Å². The maximum atomic E-state index is 2.52. The Morgan fingerprint density at radius 3 is 1.82 bits per heavy atom. The second kappa shape index (κ2) is 12.8. The van der Waals surface area contributed by atoms with Crippen LogP contribution in [0.25, 0.3) is 33.4 Å². The summed E-state index contributed by atoms with van der Waals surface area (Å²) in [6.45, 7) is 9.64. The molecule has 1 nitrogen and oxygen atoms in total. The molecule has 1 heteroatoms. The van der Waals surface area contributed by atoms with E-state index in [1.54, 1.807) is 5.56 Å². The van der Waals surface area contributed by atoms with E-state index in [0.29, 0.717) is 5.92 Å². The molecule has 0 heterocycles. The van der Waals surface area contributed by atoms with Crippen LogP contribution in [0, 0.1) is 11.8 Å². The molecule has 3 fully saturated rings. The van der Waals surface area contributed by atoms with Crippen molar-refractivity contribution in [2.24, 2.45) is 11.8 Å². The summed E-state index contributed by atoms with van der Waals surface area (Å²) in [6, 6.07) is 49.9. The monoisotopic (exact) mass is 729 g/mol. The smallest absolute Gasteiger partial charge is 0.0465 e. The van der Waals surface area contributed by atoms with Gasteiger partial charge in [-0.25, -0.2) is 0 Å². The van der Waals surface area contributed by atoms with Crippen molar-refractivity contribution in [2.45, 2.75) is 108 Å². The molecule has 5 aliphatic carbocycles. The molecule has 280 valence electrons. The second-order valence-corrected chi connectivity index (χ2v) is 19.1. The fourth-order valence-electron chi connectivity index (χ4n) is 12.3. The Morgan fingerprint density at radius 1 is 0.464 bits per heavy atom. The Morgan fingerprint density at radius 2 is 1.09 bits per heavy atom. The molecule has 0 radical (unpaired) electrons. The summed E-state index contributed by atoms with van der Waals surface area (Å²) in [5, 5.41) is 0. The predicted molar refractivity (Wildman–Crippen MR) is 236 cm³/mol. The molecular weight excluding hydrogens is 675 g/mol. The van der Waals surface area contributed by atoms with Gasteiger partial charge in [-0.3, -0.25) is 0 Å². The van der Waals surface area contributed by atoms with Gasteiger partial charge < -0.3 is 4.90 Å². The Bertz CT molecular complexity index is 2470. The first-order valence-electron chi connectivity index (χ1n) is 21.8. The van der Waals surface area contributed by atoms with Crippen LogP contribution in [0.2, 0.25) is 0 Å². The third-order valence-electron chi connectivity index (χ3n) is 15.4. The lowest BCUT2D eigenvalue weighted by atomic mass is 9.80. The summed E-state index contributed by atoms with van der Waals surface area (Å²) in [6.07, 6.45) is 12.5. The molecule has 0 N–H and O–H groups in total. The van der Waals surface area contributed by atoms with Crippen molar-refractivity contribution in [1.29, 1.82) is 0 Å². The van der Waals surface area contributed by atoms with Crippen molar-refractivity contribution in [3.05, 3.63) is 161 Å². The van der Waals surface area contributed by atoms with E-state index in [1.807, 2.05) is 0 Å².